The lowest BCUT2D eigenvalue weighted by atomic mass is 10.0. The van der Waals surface area contributed by atoms with Crippen molar-refractivity contribution in [1.82, 2.24) is 5.43 Å². The van der Waals surface area contributed by atoms with Crippen LogP contribution in [0.4, 0.5) is 0 Å². The van der Waals surface area contributed by atoms with Crippen LogP contribution in [0.25, 0.3) is 0 Å². The number of hydrogen-bond donors (Lipinski definition) is 2. The molecule has 1 aromatic carbocycles. The SMILES string of the molecule is Cc1ccc(C(NN)C2COCCO2)cc1Cl. The number of hydrogen-bond acceptors (Lipinski definition) is 4. The number of benzene rings is 1. The van der Waals surface area contributed by atoms with Gasteiger partial charge in [-0.15, -0.1) is 0 Å². The maximum atomic E-state index is 6.11. The lowest BCUT2D eigenvalue weighted by Gasteiger charge is -2.30. The molecule has 1 aromatic rings. The second kappa shape index (κ2) is 5.80. The van der Waals surface area contributed by atoms with Crippen LogP contribution in [0.2, 0.25) is 5.02 Å². The summed E-state index contributed by atoms with van der Waals surface area (Å²) in [6, 6.07) is 5.79. The minimum absolute atomic E-state index is 0.0764. The number of aryl methyl sites for hydroxylation is 1. The third-order valence-electron chi connectivity index (χ3n) is 2.95. The fourth-order valence-corrected chi connectivity index (χ4v) is 2.11. The van der Waals surface area contributed by atoms with E-state index in [1.54, 1.807) is 0 Å². The van der Waals surface area contributed by atoms with Crippen molar-refractivity contribution in [3.05, 3.63) is 34.3 Å². The van der Waals surface area contributed by atoms with E-state index in [0.717, 1.165) is 16.1 Å². The van der Waals surface area contributed by atoms with E-state index in [2.05, 4.69) is 5.43 Å². The van der Waals surface area contributed by atoms with Crippen molar-refractivity contribution in [3.63, 3.8) is 0 Å². The zero-order chi connectivity index (χ0) is 12.3. The molecule has 4 nitrogen and oxygen atoms in total. The number of nitrogens with two attached hydrogens (primary N) is 1. The molecule has 0 aromatic heterocycles. The summed E-state index contributed by atoms with van der Waals surface area (Å²) in [4.78, 5) is 0. The fourth-order valence-electron chi connectivity index (χ4n) is 1.92. The van der Waals surface area contributed by atoms with Crippen molar-refractivity contribution < 1.29 is 9.47 Å². The summed E-state index contributed by atoms with van der Waals surface area (Å²) >= 11 is 6.11. The van der Waals surface area contributed by atoms with Crippen molar-refractivity contribution >= 4 is 11.6 Å². The van der Waals surface area contributed by atoms with Crippen molar-refractivity contribution in [2.45, 2.75) is 19.1 Å². The predicted octanol–water partition coefficient (Wildman–Crippen LogP) is 1.57. The first-order valence-electron chi connectivity index (χ1n) is 5.64. The number of halogens is 1. The van der Waals surface area contributed by atoms with Crippen LogP contribution in [-0.4, -0.2) is 25.9 Å². The maximum absolute atomic E-state index is 6.11. The van der Waals surface area contributed by atoms with Crippen molar-refractivity contribution in [3.8, 4) is 0 Å². The molecule has 17 heavy (non-hydrogen) atoms. The number of hydrazine groups is 1. The standard InChI is InChI=1S/C12H17ClN2O2/c1-8-2-3-9(6-10(8)13)12(15-14)11-7-16-4-5-17-11/h2-3,6,11-12,15H,4-5,7,14H2,1H3. The second-order valence-electron chi connectivity index (χ2n) is 4.14. The van der Waals surface area contributed by atoms with E-state index >= 15 is 0 Å². The Kier molecular flexibility index (Phi) is 4.36. The Hall–Kier alpha value is -0.650. The van der Waals surface area contributed by atoms with Crippen molar-refractivity contribution in [2.24, 2.45) is 5.84 Å². The Balaban J connectivity index is 2.18. The van der Waals surface area contributed by atoms with Gasteiger partial charge in [0.15, 0.2) is 0 Å². The van der Waals surface area contributed by atoms with Gasteiger partial charge in [0.2, 0.25) is 0 Å². The average Bonchev–Trinajstić information content (AvgIpc) is 2.36. The highest BCUT2D eigenvalue weighted by Crippen LogP contribution is 2.25. The van der Waals surface area contributed by atoms with Crippen LogP contribution in [0.3, 0.4) is 0 Å². The van der Waals surface area contributed by atoms with Gasteiger partial charge < -0.3 is 9.47 Å². The molecule has 1 heterocycles. The van der Waals surface area contributed by atoms with Crippen LogP contribution in [-0.2, 0) is 9.47 Å². The van der Waals surface area contributed by atoms with Gasteiger partial charge in [0.1, 0.15) is 6.10 Å². The van der Waals surface area contributed by atoms with Gasteiger partial charge in [-0.05, 0) is 24.1 Å². The minimum atomic E-state index is -0.103. The first-order valence-corrected chi connectivity index (χ1v) is 6.01. The molecule has 94 valence electrons. The lowest BCUT2D eigenvalue weighted by molar-refractivity contribution is -0.102. The van der Waals surface area contributed by atoms with E-state index in [-0.39, 0.29) is 12.1 Å². The summed E-state index contributed by atoms with van der Waals surface area (Å²) in [6.45, 7) is 3.75. The molecule has 2 atom stereocenters. The third kappa shape index (κ3) is 2.97. The molecule has 0 saturated carbocycles. The first-order chi connectivity index (χ1) is 8.22. The molecule has 0 bridgehead atoms. The molecule has 0 amide bonds. The Morgan fingerprint density at radius 1 is 1.47 bits per heavy atom. The molecule has 1 aliphatic heterocycles. The van der Waals surface area contributed by atoms with Gasteiger partial charge in [0.05, 0.1) is 25.9 Å². The summed E-state index contributed by atoms with van der Waals surface area (Å²) in [7, 11) is 0. The summed E-state index contributed by atoms with van der Waals surface area (Å²) in [5, 5.41) is 0.736. The Labute approximate surface area is 106 Å². The second-order valence-corrected chi connectivity index (χ2v) is 4.54. The van der Waals surface area contributed by atoms with E-state index in [9.17, 15) is 0 Å². The lowest BCUT2D eigenvalue weighted by Crippen LogP contribution is -2.43. The molecule has 3 N–H and O–H groups in total. The highest BCUT2D eigenvalue weighted by molar-refractivity contribution is 6.31. The van der Waals surface area contributed by atoms with Gasteiger partial charge in [-0.25, -0.2) is 0 Å². The van der Waals surface area contributed by atoms with E-state index in [1.807, 2.05) is 25.1 Å². The molecule has 2 unspecified atom stereocenters. The smallest absolute Gasteiger partial charge is 0.102 e. The zero-order valence-corrected chi connectivity index (χ0v) is 10.5. The number of rotatable bonds is 3. The molecule has 1 fully saturated rings. The Morgan fingerprint density at radius 3 is 2.88 bits per heavy atom. The monoisotopic (exact) mass is 256 g/mol. The van der Waals surface area contributed by atoms with E-state index < -0.39 is 0 Å². The molecule has 0 aliphatic carbocycles. The van der Waals surface area contributed by atoms with Crippen molar-refractivity contribution in [1.29, 1.82) is 0 Å². The van der Waals surface area contributed by atoms with E-state index in [1.165, 1.54) is 0 Å². The van der Waals surface area contributed by atoms with Gasteiger partial charge in [0, 0.05) is 5.02 Å². The predicted molar refractivity (Wildman–Crippen MR) is 66.8 cm³/mol. The Morgan fingerprint density at radius 2 is 2.29 bits per heavy atom. The zero-order valence-electron chi connectivity index (χ0n) is 9.78. The summed E-state index contributed by atoms with van der Waals surface area (Å²) < 4.78 is 11.0. The molecule has 1 saturated heterocycles. The van der Waals surface area contributed by atoms with E-state index in [4.69, 9.17) is 26.9 Å². The van der Waals surface area contributed by atoms with Crippen LogP contribution in [0.1, 0.15) is 17.2 Å². The van der Waals surface area contributed by atoms with Gasteiger partial charge in [-0.1, -0.05) is 23.7 Å². The fraction of sp³-hybridized carbons (Fsp3) is 0.500. The minimum Gasteiger partial charge on any atom is -0.376 e. The number of nitrogens with one attached hydrogen (secondary N) is 1. The average molecular weight is 257 g/mol. The highest BCUT2D eigenvalue weighted by Gasteiger charge is 2.25. The molecular weight excluding hydrogens is 240 g/mol. The van der Waals surface area contributed by atoms with Crippen LogP contribution in [0.5, 0.6) is 0 Å². The molecule has 0 spiro atoms. The van der Waals surface area contributed by atoms with Crippen LogP contribution in [0, 0.1) is 6.92 Å². The summed E-state index contributed by atoms with van der Waals surface area (Å²) in [5.74, 6) is 5.60. The van der Waals surface area contributed by atoms with Gasteiger partial charge in [-0.3, -0.25) is 11.3 Å². The first kappa shape index (κ1) is 12.8. The summed E-state index contributed by atoms with van der Waals surface area (Å²) in [5.41, 5.74) is 4.83. The highest BCUT2D eigenvalue weighted by atomic mass is 35.5. The van der Waals surface area contributed by atoms with Gasteiger partial charge in [-0.2, -0.15) is 0 Å². The summed E-state index contributed by atoms with van der Waals surface area (Å²) in [6.07, 6.45) is -0.0764. The normalized spacial score (nSPS) is 22.4. The van der Waals surface area contributed by atoms with E-state index in [0.29, 0.717) is 19.8 Å². The molecular formula is C12H17ClN2O2. The number of ether oxygens (including phenoxy) is 2. The molecule has 1 aliphatic rings. The molecule has 5 heteroatoms. The van der Waals surface area contributed by atoms with Gasteiger partial charge >= 0.3 is 0 Å². The van der Waals surface area contributed by atoms with Gasteiger partial charge in [0.25, 0.3) is 0 Å². The third-order valence-corrected chi connectivity index (χ3v) is 3.36. The Bertz CT molecular complexity index is 381. The van der Waals surface area contributed by atoms with Crippen molar-refractivity contribution in [2.75, 3.05) is 19.8 Å². The van der Waals surface area contributed by atoms with Crippen LogP contribution < -0.4 is 11.3 Å². The topological polar surface area (TPSA) is 56.5 Å². The largest absolute Gasteiger partial charge is 0.376 e. The molecule has 2 rings (SSSR count). The quantitative estimate of drug-likeness (QED) is 0.637. The maximum Gasteiger partial charge on any atom is 0.102 e. The molecule has 0 radical (unpaired) electrons. The van der Waals surface area contributed by atoms with Crippen LogP contribution in [0.15, 0.2) is 18.2 Å². The van der Waals surface area contributed by atoms with Crippen LogP contribution >= 0.6 is 11.6 Å².